The van der Waals surface area contributed by atoms with E-state index in [4.69, 9.17) is 15.3 Å². The van der Waals surface area contributed by atoms with Gasteiger partial charge < -0.3 is 9.47 Å². The second-order valence-corrected chi connectivity index (χ2v) is 4.45. The lowest BCUT2D eigenvalue weighted by molar-refractivity contribution is 0.392. The fraction of sp³-hybridized carbons (Fsp3) is 0.267. The summed E-state index contributed by atoms with van der Waals surface area (Å²) in [7, 11) is 3.24. The molecule has 1 heterocycles. The zero-order valence-corrected chi connectivity index (χ0v) is 11.9. The molecule has 2 rings (SSSR count). The predicted octanol–water partition coefficient (Wildman–Crippen LogP) is 1.96. The first-order valence-corrected chi connectivity index (χ1v) is 6.30. The van der Waals surface area contributed by atoms with Gasteiger partial charge >= 0.3 is 0 Å². The fourth-order valence-corrected chi connectivity index (χ4v) is 2.13. The molecule has 3 N–H and O–H groups in total. The Labute approximate surface area is 118 Å². The summed E-state index contributed by atoms with van der Waals surface area (Å²) in [5.74, 6) is 7.15. The van der Waals surface area contributed by atoms with Gasteiger partial charge in [-0.05, 0) is 36.2 Å². The van der Waals surface area contributed by atoms with E-state index in [2.05, 4.69) is 10.4 Å². The predicted molar refractivity (Wildman–Crippen MR) is 77.7 cm³/mol. The molecule has 5 nitrogen and oxygen atoms in total. The molecule has 0 radical (unpaired) electrons. The highest BCUT2D eigenvalue weighted by Gasteiger charge is 2.17. The van der Waals surface area contributed by atoms with Gasteiger partial charge in [-0.15, -0.1) is 0 Å². The monoisotopic (exact) mass is 273 g/mol. The number of benzene rings is 1. The number of hydrogen-bond acceptors (Lipinski definition) is 5. The van der Waals surface area contributed by atoms with Crippen LogP contribution in [0.2, 0.25) is 0 Å². The van der Waals surface area contributed by atoms with Crippen LogP contribution in [0, 0.1) is 6.92 Å². The molecular weight excluding hydrogens is 254 g/mol. The van der Waals surface area contributed by atoms with Crippen molar-refractivity contribution in [1.29, 1.82) is 0 Å². The third-order valence-corrected chi connectivity index (χ3v) is 3.20. The van der Waals surface area contributed by atoms with Gasteiger partial charge in [0.2, 0.25) is 0 Å². The van der Waals surface area contributed by atoms with Gasteiger partial charge in [0.1, 0.15) is 11.5 Å². The molecule has 2 aromatic rings. The first-order valence-electron chi connectivity index (χ1n) is 6.30. The maximum atomic E-state index is 5.72. The molecule has 1 atom stereocenters. The summed E-state index contributed by atoms with van der Waals surface area (Å²) < 4.78 is 10.6. The highest BCUT2D eigenvalue weighted by Crippen LogP contribution is 2.29. The molecule has 0 saturated heterocycles. The molecule has 20 heavy (non-hydrogen) atoms. The van der Waals surface area contributed by atoms with Gasteiger partial charge in [0.25, 0.3) is 0 Å². The van der Waals surface area contributed by atoms with Gasteiger partial charge in [-0.2, -0.15) is 0 Å². The van der Waals surface area contributed by atoms with Crippen molar-refractivity contribution in [3.8, 4) is 11.5 Å². The van der Waals surface area contributed by atoms with Gasteiger partial charge in [-0.25, -0.2) is 5.43 Å². The quantitative estimate of drug-likeness (QED) is 0.644. The Morgan fingerprint density at radius 1 is 1.15 bits per heavy atom. The van der Waals surface area contributed by atoms with Crippen molar-refractivity contribution in [3.63, 3.8) is 0 Å². The molecule has 0 amide bonds. The first kappa shape index (κ1) is 14.3. The number of aromatic nitrogens is 1. The van der Waals surface area contributed by atoms with Crippen LogP contribution < -0.4 is 20.7 Å². The van der Waals surface area contributed by atoms with E-state index in [1.165, 1.54) is 0 Å². The third kappa shape index (κ3) is 2.89. The van der Waals surface area contributed by atoms with Crippen molar-refractivity contribution < 1.29 is 9.47 Å². The van der Waals surface area contributed by atoms with Crippen LogP contribution in [0.25, 0.3) is 0 Å². The summed E-state index contributed by atoms with van der Waals surface area (Å²) in [5.41, 5.74) is 5.69. The van der Waals surface area contributed by atoms with Gasteiger partial charge in [0, 0.05) is 12.3 Å². The number of nitrogens with zero attached hydrogens (tertiary/aromatic N) is 1. The normalized spacial score (nSPS) is 12.0. The van der Waals surface area contributed by atoms with Crippen molar-refractivity contribution in [3.05, 3.63) is 53.3 Å². The smallest absolute Gasteiger partial charge is 0.122 e. The van der Waals surface area contributed by atoms with Crippen molar-refractivity contribution in [1.82, 2.24) is 10.4 Å². The van der Waals surface area contributed by atoms with Crippen LogP contribution in [0.15, 0.2) is 36.5 Å². The summed E-state index contributed by atoms with van der Waals surface area (Å²) in [6, 6.07) is 9.34. The topological polar surface area (TPSA) is 69.4 Å². The molecule has 0 saturated carbocycles. The Bertz CT molecular complexity index is 565. The molecule has 1 aromatic heterocycles. The van der Waals surface area contributed by atoms with E-state index in [0.29, 0.717) is 11.5 Å². The zero-order valence-electron chi connectivity index (χ0n) is 11.9. The Balaban J connectivity index is 2.49. The van der Waals surface area contributed by atoms with Crippen LogP contribution in [0.5, 0.6) is 11.5 Å². The summed E-state index contributed by atoms with van der Waals surface area (Å²) in [6.07, 6.45) is 1.75. The van der Waals surface area contributed by atoms with Crippen LogP contribution in [-0.2, 0) is 0 Å². The molecule has 0 bridgehead atoms. The third-order valence-electron chi connectivity index (χ3n) is 3.20. The highest BCUT2D eigenvalue weighted by atomic mass is 16.5. The Morgan fingerprint density at radius 2 is 1.80 bits per heavy atom. The number of pyridine rings is 1. The molecule has 0 fully saturated rings. The number of nitrogens with one attached hydrogen (secondary N) is 1. The minimum atomic E-state index is -0.222. The van der Waals surface area contributed by atoms with Crippen molar-refractivity contribution in [2.45, 2.75) is 13.0 Å². The molecule has 5 heteroatoms. The standard InChI is InChI=1S/C15H19N3O2/c1-10-5-4-6-17-14(10)15(18-16)11-7-12(19-2)9-13(8-11)20-3/h4-9,15,18H,16H2,1-3H3. The van der Waals surface area contributed by atoms with E-state index in [0.717, 1.165) is 16.8 Å². The summed E-state index contributed by atoms with van der Waals surface area (Å²) in [6.45, 7) is 2.00. The number of aryl methyl sites for hydroxylation is 1. The van der Waals surface area contributed by atoms with Crippen molar-refractivity contribution >= 4 is 0 Å². The number of methoxy groups -OCH3 is 2. The van der Waals surface area contributed by atoms with Crippen LogP contribution in [-0.4, -0.2) is 19.2 Å². The maximum absolute atomic E-state index is 5.72. The van der Waals surface area contributed by atoms with Gasteiger partial charge in [-0.3, -0.25) is 10.8 Å². The Hall–Kier alpha value is -2.11. The van der Waals surface area contributed by atoms with Crippen LogP contribution in [0.3, 0.4) is 0 Å². The van der Waals surface area contributed by atoms with E-state index in [9.17, 15) is 0 Å². The summed E-state index contributed by atoms with van der Waals surface area (Å²) >= 11 is 0. The molecule has 1 aromatic carbocycles. The maximum Gasteiger partial charge on any atom is 0.122 e. The summed E-state index contributed by atoms with van der Waals surface area (Å²) in [4.78, 5) is 4.41. The Morgan fingerprint density at radius 3 is 2.30 bits per heavy atom. The zero-order chi connectivity index (χ0) is 14.5. The number of hydrazine groups is 1. The van der Waals surface area contributed by atoms with Crippen LogP contribution in [0.1, 0.15) is 22.9 Å². The lowest BCUT2D eigenvalue weighted by atomic mass is 10.00. The van der Waals surface area contributed by atoms with Gasteiger partial charge in [0.05, 0.1) is 26.0 Å². The SMILES string of the molecule is COc1cc(OC)cc(C(NN)c2ncccc2C)c1. The fourth-order valence-electron chi connectivity index (χ4n) is 2.13. The van der Waals surface area contributed by atoms with Gasteiger partial charge in [0.15, 0.2) is 0 Å². The highest BCUT2D eigenvalue weighted by molar-refractivity contribution is 5.43. The summed E-state index contributed by atoms with van der Waals surface area (Å²) in [5, 5.41) is 0. The second kappa shape index (κ2) is 6.36. The van der Waals surface area contributed by atoms with E-state index in [1.807, 2.05) is 37.3 Å². The largest absolute Gasteiger partial charge is 0.497 e. The lowest BCUT2D eigenvalue weighted by Gasteiger charge is -2.19. The number of nitrogens with two attached hydrogens (primary N) is 1. The van der Waals surface area contributed by atoms with Crippen molar-refractivity contribution in [2.24, 2.45) is 5.84 Å². The lowest BCUT2D eigenvalue weighted by Crippen LogP contribution is -2.30. The molecule has 0 aliphatic rings. The van der Waals surface area contributed by atoms with E-state index >= 15 is 0 Å². The average Bonchev–Trinajstić information content (AvgIpc) is 2.49. The second-order valence-electron chi connectivity index (χ2n) is 4.45. The van der Waals surface area contributed by atoms with E-state index < -0.39 is 0 Å². The van der Waals surface area contributed by atoms with Crippen LogP contribution >= 0.6 is 0 Å². The number of rotatable bonds is 5. The van der Waals surface area contributed by atoms with E-state index in [1.54, 1.807) is 20.4 Å². The minimum absolute atomic E-state index is 0.222. The van der Waals surface area contributed by atoms with Crippen molar-refractivity contribution in [2.75, 3.05) is 14.2 Å². The molecular formula is C15H19N3O2. The minimum Gasteiger partial charge on any atom is -0.497 e. The Kier molecular flexibility index (Phi) is 4.55. The van der Waals surface area contributed by atoms with Crippen LogP contribution in [0.4, 0.5) is 0 Å². The average molecular weight is 273 g/mol. The number of hydrogen-bond donors (Lipinski definition) is 2. The molecule has 0 aliphatic carbocycles. The first-order chi connectivity index (χ1) is 9.69. The molecule has 0 aliphatic heterocycles. The van der Waals surface area contributed by atoms with E-state index in [-0.39, 0.29) is 6.04 Å². The van der Waals surface area contributed by atoms with Gasteiger partial charge in [-0.1, -0.05) is 6.07 Å². The molecule has 106 valence electrons. The number of ether oxygens (including phenoxy) is 2. The molecule has 0 spiro atoms. The molecule has 1 unspecified atom stereocenters.